The maximum Gasteiger partial charge on any atom is 0.259 e. The average Bonchev–Trinajstić information content (AvgIpc) is 3.37. The molecule has 3 aromatic heterocycles. The van der Waals surface area contributed by atoms with E-state index in [1.165, 1.54) is 12.1 Å². The minimum Gasteiger partial charge on any atom is -0.335 e. The molecule has 0 unspecified atom stereocenters. The molecular formula is C24H18FN5O2. The van der Waals surface area contributed by atoms with E-state index in [1.54, 1.807) is 35.9 Å². The number of benzene rings is 2. The van der Waals surface area contributed by atoms with Gasteiger partial charge in [0, 0.05) is 17.3 Å². The van der Waals surface area contributed by atoms with Gasteiger partial charge in [-0.2, -0.15) is 5.10 Å². The quantitative estimate of drug-likeness (QED) is 0.432. The van der Waals surface area contributed by atoms with Crippen molar-refractivity contribution in [2.75, 3.05) is 5.32 Å². The van der Waals surface area contributed by atoms with Crippen molar-refractivity contribution in [3.63, 3.8) is 0 Å². The second-order valence-corrected chi connectivity index (χ2v) is 7.40. The maximum absolute atomic E-state index is 13.4. The molecule has 0 saturated carbocycles. The van der Waals surface area contributed by atoms with Crippen LogP contribution in [0.2, 0.25) is 0 Å². The van der Waals surface area contributed by atoms with Gasteiger partial charge in [-0.1, -0.05) is 23.4 Å². The molecule has 0 bridgehead atoms. The number of fused-ring (bicyclic) bond motifs is 1. The summed E-state index contributed by atoms with van der Waals surface area (Å²) in [6.45, 7) is 3.63. The number of hydrogen-bond donors (Lipinski definition) is 1. The van der Waals surface area contributed by atoms with Crippen LogP contribution in [0.15, 0.2) is 71.3 Å². The number of hydrogen-bond acceptors (Lipinski definition) is 5. The van der Waals surface area contributed by atoms with Crippen molar-refractivity contribution in [3.8, 4) is 16.9 Å². The zero-order valence-electron chi connectivity index (χ0n) is 17.3. The second kappa shape index (κ2) is 7.73. The lowest BCUT2D eigenvalue weighted by molar-refractivity contribution is 0.102. The molecule has 0 aliphatic heterocycles. The number of carbonyl (C=O) groups is 1. The van der Waals surface area contributed by atoms with E-state index in [2.05, 4.69) is 20.6 Å². The van der Waals surface area contributed by atoms with Crippen molar-refractivity contribution in [1.82, 2.24) is 19.9 Å². The number of para-hydroxylation sites is 1. The number of nitrogens with zero attached hydrogens (tertiary/aromatic N) is 4. The highest BCUT2D eigenvalue weighted by Gasteiger charge is 2.22. The van der Waals surface area contributed by atoms with Gasteiger partial charge in [-0.05, 0) is 56.3 Å². The molecule has 0 fully saturated rings. The number of carbonyl (C=O) groups excluding carboxylic acids is 1. The second-order valence-electron chi connectivity index (χ2n) is 7.40. The standard InChI is InChI=1S/C24H18FN5O2/c1-14-12-19(21-22(29-32-24(21)26-14)16-8-10-17(25)11-9-16)23(31)27-20-13-15(2)28-30(20)18-6-4-3-5-7-18/h3-13H,1-2H3,(H,27,31). The van der Waals surface area contributed by atoms with Gasteiger partial charge in [0.25, 0.3) is 11.6 Å². The van der Waals surface area contributed by atoms with Crippen molar-refractivity contribution < 1.29 is 13.7 Å². The topological polar surface area (TPSA) is 85.8 Å². The monoisotopic (exact) mass is 427 g/mol. The van der Waals surface area contributed by atoms with Crippen LogP contribution in [-0.4, -0.2) is 25.8 Å². The first-order chi connectivity index (χ1) is 15.5. The highest BCUT2D eigenvalue weighted by molar-refractivity contribution is 6.14. The summed E-state index contributed by atoms with van der Waals surface area (Å²) >= 11 is 0. The third-order valence-electron chi connectivity index (χ3n) is 5.01. The SMILES string of the molecule is Cc1cc(C(=O)Nc2cc(C)nn2-c2ccccc2)c2c(-c3ccc(F)cc3)noc2n1. The number of rotatable bonds is 4. The molecule has 32 heavy (non-hydrogen) atoms. The van der Waals surface area contributed by atoms with E-state index < -0.39 is 0 Å². The molecule has 5 rings (SSSR count). The Bertz CT molecular complexity index is 1440. The van der Waals surface area contributed by atoms with Crippen molar-refractivity contribution in [2.45, 2.75) is 13.8 Å². The van der Waals surface area contributed by atoms with Crippen LogP contribution in [0.5, 0.6) is 0 Å². The predicted molar refractivity (Wildman–Crippen MR) is 118 cm³/mol. The molecule has 0 aliphatic carbocycles. The fourth-order valence-corrected chi connectivity index (χ4v) is 3.60. The van der Waals surface area contributed by atoms with Gasteiger partial charge in [-0.25, -0.2) is 14.1 Å². The summed E-state index contributed by atoms with van der Waals surface area (Å²) in [4.78, 5) is 17.8. The smallest absolute Gasteiger partial charge is 0.259 e. The number of nitrogens with one attached hydrogen (secondary N) is 1. The molecule has 158 valence electrons. The third kappa shape index (κ3) is 3.51. The Balaban J connectivity index is 1.59. The van der Waals surface area contributed by atoms with E-state index in [0.717, 1.165) is 11.4 Å². The number of anilines is 1. The number of aromatic nitrogens is 4. The highest BCUT2D eigenvalue weighted by Crippen LogP contribution is 2.31. The van der Waals surface area contributed by atoms with E-state index in [-0.39, 0.29) is 17.4 Å². The average molecular weight is 427 g/mol. The van der Waals surface area contributed by atoms with Gasteiger partial charge in [0.1, 0.15) is 17.3 Å². The highest BCUT2D eigenvalue weighted by atomic mass is 19.1. The zero-order chi connectivity index (χ0) is 22.2. The lowest BCUT2D eigenvalue weighted by Crippen LogP contribution is -2.16. The molecule has 1 N–H and O–H groups in total. The molecule has 2 aromatic carbocycles. The molecule has 0 aliphatic rings. The van der Waals surface area contributed by atoms with Crippen LogP contribution in [0.3, 0.4) is 0 Å². The van der Waals surface area contributed by atoms with E-state index in [4.69, 9.17) is 4.52 Å². The Morgan fingerprint density at radius 3 is 2.50 bits per heavy atom. The number of halogens is 1. The van der Waals surface area contributed by atoms with Crippen molar-refractivity contribution in [3.05, 3.63) is 89.5 Å². The minimum absolute atomic E-state index is 0.238. The van der Waals surface area contributed by atoms with E-state index in [9.17, 15) is 9.18 Å². The number of aryl methyl sites for hydroxylation is 2. The zero-order valence-corrected chi connectivity index (χ0v) is 17.3. The first-order valence-corrected chi connectivity index (χ1v) is 9.96. The molecule has 0 saturated heterocycles. The lowest BCUT2D eigenvalue weighted by atomic mass is 10.0. The summed E-state index contributed by atoms with van der Waals surface area (Å²) in [5.74, 6) is -0.191. The van der Waals surface area contributed by atoms with Crippen LogP contribution in [0.1, 0.15) is 21.7 Å². The molecule has 8 heteroatoms. The minimum atomic E-state index is -0.363. The van der Waals surface area contributed by atoms with E-state index in [0.29, 0.717) is 33.7 Å². The first-order valence-electron chi connectivity index (χ1n) is 9.96. The molecule has 7 nitrogen and oxygen atoms in total. The van der Waals surface area contributed by atoms with Crippen LogP contribution in [0, 0.1) is 19.7 Å². The maximum atomic E-state index is 13.4. The van der Waals surface area contributed by atoms with Gasteiger partial charge in [0.15, 0.2) is 0 Å². The summed E-state index contributed by atoms with van der Waals surface area (Å²) in [6, 6.07) is 18.8. The largest absolute Gasteiger partial charge is 0.335 e. The van der Waals surface area contributed by atoms with E-state index in [1.807, 2.05) is 37.3 Å². The molecule has 1 amide bonds. The molecule has 5 aromatic rings. The number of amides is 1. The summed E-state index contributed by atoms with van der Waals surface area (Å²) in [5, 5.41) is 12.0. The van der Waals surface area contributed by atoms with Crippen LogP contribution in [-0.2, 0) is 0 Å². The number of pyridine rings is 1. The van der Waals surface area contributed by atoms with Crippen LogP contribution < -0.4 is 5.32 Å². The van der Waals surface area contributed by atoms with Gasteiger partial charge in [-0.15, -0.1) is 0 Å². The van der Waals surface area contributed by atoms with Gasteiger partial charge in [-0.3, -0.25) is 4.79 Å². The summed E-state index contributed by atoms with van der Waals surface area (Å²) in [6.07, 6.45) is 0. The van der Waals surface area contributed by atoms with Crippen molar-refractivity contribution in [1.29, 1.82) is 0 Å². The Morgan fingerprint density at radius 1 is 1.00 bits per heavy atom. The summed E-state index contributed by atoms with van der Waals surface area (Å²) < 4.78 is 20.5. The van der Waals surface area contributed by atoms with Gasteiger partial charge in [0.2, 0.25) is 0 Å². The van der Waals surface area contributed by atoms with Crippen molar-refractivity contribution in [2.24, 2.45) is 0 Å². The summed E-state index contributed by atoms with van der Waals surface area (Å²) in [7, 11) is 0. The van der Waals surface area contributed by atoms with Gasteiger partial charge < -0.3 is 9.84 Å². The van der Waals surface area contributed by atoms with Crippen LogP contribution >= 0.6 is 0 Å². The molecule has 0 atom stereocenters. The summed E-state index contributed by atoms with van der Waals surface area (Å²) in [5.41, 5.74) is 3.83. The predicted octanol–water partition coefficient (Wildman–Crippen LogP) is 5.08. The van der Waals surface area contributed by atoms with Crippen molar-refractivity contribution >= 4 is 22.8 Å². The molecule has 0 spiro atoms. The molecule has 3 heterocycles. The van der Waals surface area contributed by atoms with Gasteiger partial charge in [0.05, 0.1) is 22.3 Å². The Kier molecular flexibility index (Phi) is 4.74. The lowest BCUT2D eigenvalue weighted by Gasteiger charge is -2.10. The fraction of sp³-hybridized carbons (Fsp3) is 0.0833. The van der Waals surface area contributed by atoms with Crippen LogP contribution in [0.4, 0.5) is 10.2 Å². The third-order valence-corrected chi connectivity index (χ3v) is 5.01. The van der Waals surface area contributed by atoms with Gasteiger partial charge >= 0.3 is 0 Å². The Hall–Kier alpha value is -4.33. The Labute approximate surface area is 182 Å². The van der Waals surface area contributed by atoms with Crippen LogP contribution in [0.25, 0.3) is 28.0 Å². The molecular weight excluding hydrogens is 409 g/mol. The molecule has 0 radical (unpaired) electrons. The van der Waals surface area contributed by atoms with E-state index >= 15 is 0 Å². The normalized spacial score (nSPS) is 11.1. The first kappa shape index (κ1) is 19.6. The Morgan fingerprint density at radius 2 is 1.75 bits per heavy atom. The fourth-order valence-electron chi connectivity index (χ4n) is 3.60.